The molecule has 0 spiro atoms. The van der Waals surface area contributed by atoms with Crippen LogP contribution in [0.2, 0.25) is 0 Å². The number of hydrogen-bond donors (Lipinski definition) is 1. The van der Waals surface area contributed by atoms with Gasteiger partial charge in [-0.1, -0.05) is 36.4 Å². The number of nitrogens with zero attached hydrogens (tertiary/aromatic N) is 1. The maximum atomic E-state index is 10.2. The minimum atomic E-state index is -0.591. The Morgan fingerprint density at radius 3 is 2.47 bits per heavy atom. The van der Waals surface area contributed by atoms with E-state index in [1.165, 1.54) is 5.39 Å². The Kier molecular flexibility index (Phi) is 4.53. The first-order valence-electron chi connectivity index (χ1n) is 6.52. The van der Waals surface area contributed by atoms with Gasteiger partial charge in [0.2, 0.25) is 0 Å². The van der Waals surface area contributed by atoms with Crippen molar-refractivity contribution in [3.8, 4) is 0 Å². The van der Waals surface area contributed by atoms with Crippen LogP contribution in [-0.2, 0) is 4.74 Å². The summed E-state index contributed by atoms with van der Waals surface area (Å²) in [6.07, 6.45) is -0.595. The van der Waals surface area contributed by atoms with Crippen molar-refractivity contribution < 1.29 is 9.84 Å². The third-order valence-corrected chi connectivity index (χ3v) is 3.38. The van der Waals surface area contributed by atoms with Gasteiger partial charge in [0.1, 0.15) is 12.3 Å². The van der Waals surface area contributed by atoms with Crippen molar-refractivity contribution in [2.24, 2.45) is 0 Å². The van der Waals surface area contributed by atoms with E-state index >= 15 is 0 Å². The highest BCUT2D eigenvalue weighted by Crippen LogP contribution is 2.21. The zero-order valence-corrected chi connectivity index (χ0v) is 11.7. The van der Waals surface area contributed by atoms with Gasteiger partial charge in [0.15, 0.2) is 0 Å². The smallest absolute Gasteiger partial charge is 0.107 e. The van der Waals surface area contributed by atoms with Crippen molar-refractivity contribution in [3.05, 3.63) is 48.0 Å². The van der Waals surface area contributed by atoms with E-state index in [0.29, 0.717) is 6.61 Å². The van der Waals surface area contributed by atoms with E-state index in [-0.39, 0.29) is 6.23 Å². The van der Waals surface area contributed by atoms with Gasteiger partial charge < -0.3 is 9.84 Å². The highest BCUT2D eigenvalue weighted by molar-refractivity contribution is 5.83. The average molecular weight is 259 g/mol. The molecule has 0 fully saturated rings. The molecule has 0 saturated heterocycles. The van der Waals surface area contributed by atoms with Crippen LogP contribution in [0.15, 0.2) is 42.5 Å². The van der Waals surface area contributed by atoms with E-state index in [4.69, 9.17) is 4.74 Å². The van der Waals surface area contributed by atoms with Crippen molar-refractivity contribution in [3.63, 3.8) is 0 Å². The summed E-state index contributed by atoms with van der Waals surface area (Å²) in [6.45, 7) is 2.27. The molecule has 2 atom stereocenters. The summed E-state index contributed by atoms with van der Waals surface area (Å²) in [6, 6.07) is 14.1. The zero-order chi connectivity index (χ0) is 13.8. The predicted octanol–water partition coefficient (Wildman–Crippen LogP) is 2.80. The second-order valence-corrected chi connectivity index (χ2v) is 5.02. The molecule has 1 N–H and O–H groups in total. The summed E-state index contributed by atoms with van der Waals surface area (Å²) in [5.74, 6) is 0. The molecule has 0 radical (unpaired) electrons. The SMILES string of the molecule is CC(OCC(O)c1ccc2ccccc2c1)N(C)C. The van der Waals surface area contributed by atoms with Crippen molar-refractivity contribution in [1.29, 1.82) is 0 Å². The molecule has 0 saturated carbocycles. The Hall–Kier alpha value is -1.42. The molecule has 2 unspecified atom stereocenters. The quantitative estimate of drug-likeness (QED) is 0.838. The van der Waals surface area contributed by atoms with Crippen LogP contribution in [0, 0.1) is 0 Å². The molecule has 0 heterocycles. The van der Waals surface area contributed by atoms with Crippen LogP contribution in [0.25, 0.3) is 10.8 Å². The number of aliphatic hydroxyl groups is 1. The van der Waals surface area contributed by atoms with Crippen molar-refractivity contribution >= 4 is 10.8 Å². The number of fused-ring (bicyclic) bond motifs is 1. The first-order chi connectivity index (χ1) is 9.08. The summed E-state index contributed by atoms with van der Waals surface area (Å²) in [7, 11) is 3.90. The third-order valence-electron chi connectivity index (χ3n) is 3.38. The number of hydrogen-bond acceptors (Lipinski definition) is 3. The fourth-order valence-corrected chi connectivity index (χ4v) is 1.89. The van der Waals surface area contributed by atoms with Gasteiger partial charge in [0.25, 0.3) is 0 Å². The largest absolute Gasteiger partial charge is 0.386 e. The Bertz CT molecular complexity index is 539. The topological polar surface area (TPSA) is 32.7 Å². The summed E-state index contributed by atoms with van der Waals surface area (Å²) >= 11 is 0. The number of aliphatic hydroxyl groups excluding tert-OH is 1. The summed E-state index contributed by atoms with van der Waals surface area (Å²) in [5.41, 5.74) is 0.893. The Morgan fingerprint density at radius 1 is 1.11 bits per heavy atom. The first kappa shape index (κ1) is 14.0. The molecule has 0 aliphatic rings. The van der Waals surface area contributed by atoms with Gasteiger partial charge >= 0.3 is 0 Å². The lowest BCUT2D eigenvalue weighted by Crippen LogP contribution is -2.29. The number of ether oxygens (including phenoxy) is 1. The van der Waals surface area contributed by atoms with E-state index in [2.05, 4.69) is 12.1 Å². The molecule has 2 aromatic rings. The van der Waals surface area contributed by atoms with Gasteiger partial charge in [0.05, 0.1) is 6.61 Å². The van der Waals surface area contributed by atoms with Crippen LogP contribution in [0.3, 0.4) is 0 Å². The molecule has 19 heavy (non-hydrogen) atoms. The molecule has 2 rings (SSSR count). The normalized spacial score (nSPS) is 14.8. The van der Waals surface area contributed by atoms with E-state index in [0.717, 1.165) is 10.9 Å². The van der Waals surface area contributed by atoms with Gasteiger partial charge in [-0.15, -0.1) is 0 Å². The highest BCUT2D eigenvalue weighted by Gasteiger charge is 2.11. The van der Waals surface area contributed by atoms with Crippen LogP contribution < -0.4 is 0 Å². The van der Waals surface area contributed by atoms with Gasteiger partial charge in [-0.2, -0.15) is 0 Å². The molecule has 0 amide bonds. The van der Waals surface area contributed by atoms with Gasteiger partial charge in [-0.25, -0.2) is 0 Å². The Morgan fingerprint density at radius 2 is 1.79 bits per heavy atom. The van der Waals surface area contributed by atoms with Crippen molar-refractivity contribution in [2.45, 2.75) is 19.3 Å². The Balaban J connectivity index is 2.06. The second kappa shape index (κ2) is 6.15. The minimum Gasteiger partial charge on any atom is -0.386 e. The lowest BCUT2D eigenvalue weighted by Gasteiger charge is -2.22. The average Bonchev–Trinajstić information content (AvgIpc) is 2.43. The Labute approximate surface area is 114 Å². The van der Waals surface area contributed by atoms with Gasteiger partial charge in [0, 0.05) is 0 Å². The predicted molar refractivity (Wildman–Crippen MR) is 78.0 cm³/mol. The molecular formula is C16H21NO2. The number of rotatable bonds is 5. The fraction of sp³-hybridized carbons (Fsp3) is 0.375. The van der Waals surface area contributed by atoms with Crippen LogP contribution in [0.1, 0.15) is 18.6 Å². The summed E-state index contributed by atoms with van der Waals surface area (Å²) in [4.78, 5) is 1.97. The molecule has 0 aromatic heterocycles. The summed E-state index contributed by atoms with van der Waals surface area (Å²) < 4.78 is 5.61. The second-order valence-electron chi connectivity index (χ2n) is 5.02. The van der Waals surface area contributed by atoms with Crippen molar-refractivity contribution in [1.82, 2.24) is 4.90 Å². The lowest BCUT2D eigenvalue weighted by atomic mass is 10.0. The molecule has 0 aliphatic carbocycles. The van der Waals surface area contributed by atoms with E-state index in [9.17, 15) is 5.11 Å². The van der Waals surface area contributed by atoms with Crippen LogP contribution in [0.5, 0.6) is 0 Å². The molecule has 0 aliphatic heterocycles. The van der Waals surface area contributed by atoms with Crippen molar-refractivity contribution in [2.75, 3.05) is 20.7 Å². The maximum Gasteiger partial charge on any atom is 0.107 e. The third kappa shape index (κ3) is 3.53. The monoisotopic (exact) mass is 259 g/mol. The molecule has 3 nitrogen and oxygen atoms in total. The number of benzene rings is 2. The zero-order valence-electron chi connectivity index (χ0n) is 11.7. The molecule has 2 aromatic carbocycles. The van der Waals surface area contributed by atoms with Crippen LogP contribution >= 0.6 is 0 Å². The lowest BCUT2D eigenvalue weighted by molar-refractivity contribution is -0.0602. The van der Waals surface area contributed by atoms with Crippen LogP contribution in [0.4, 0.5) is 0 Å². The highest BCUT2D eigenvalue weighted by atomic mass is 16.5. The van der Waals surface area contributed by atoms with Gasteiger partial charge in [-0.05, 0) is 43.4 Å². The molecule has 3 heteroatoms. The van der Waals surface area contributed by atoms with Crippen LogP contribution in [-0.4, -0.2) is 36.9 Å². The standard InChI is InChI=1S/C16H21NO2/c1-12(17(2)3)19-11-16(18)15-9-8-13-6-4-5-7-14(13)10-15/h4-10,12,16,18H,11H2,1-3H3. The fourth-order valence-electron chi connectivity index (χ4n) is 1.89. The van der Waals surface area contributed by atoms with E-state index in [1.807, 2.05) is 56.3 Å². The maximum absolute atomic E-state index is 10.2. The van der Waals surface area contributed by atoms with E-state index < -0.39 is 6.10 Å². The molecule has 0 bridgehead atoms. The molecular weight excluding hydrogens is 238 g/mol. The first-order valence-corrected chi connectivity index (χ1v) is 6.52. The molecule has 102 valence electrons. The van der Waals surface area contributed by atoms with E-state index in [1.54, 1.807) is 0 Å². The minimum absolute atomic E-state index is 0.00453. The summed E-state index contributed by atoms with van der Waals surface area (Å²) in [5, 5.41) is 12.5. The van der Waals surface area contributed by atoms with Gasteiger partial charge in [-0.3, -0.25) is 4.90 Å².